The zero-order valence-electron chi connectivity index (χ0n) is 16.3. The zero-order valence-corrected chi connectivity index (χ0v) is 18.0. The van der Waals surface area contributed by atoms with Gasteiger partial charge in [-0.05, 0) is 43.1 Å². The molecule has 2 aliphatic heterocycles. The minimum Gasteiger partial charge on any atom is -0.495 e. The molecule has 3 heterocycles. The highest BCUT2D eigenvalue weighted by Crippen LogP contribution is 2.33. The summed E-state index contributed by atoms with van der Waals surface area (Å²) < 4.78 is 5.22. The van der Waals surface area contributed by atoms with Gasteiger partial charge in [0.1, 0.15) is 5.75 Å². The second-order valence-corrected chi connectivity index (χ2v) is 7.45. The Bertz CT molecular complexity index is 834. The van der Waals surface area contributed by atoms with Crippen LogP contribution >= 0.6 is 24.8 Å². The number of halogens is 2. The smallest absolute Gasteiger partial charge is 0.253 e. The van der Waals surface area contributed by atoms with E-state index in [9.17, 15) is 9.90 Å². The molecule has 2 atom stereocenters. The number of aliphatic hydroxyl groups is 1. The predicted molar refractivity (Wildman–Crippen MR) is 117 cm³/mol. The topological polar surface area (TPSA) is 74.7 Å². The van der Waals surface area contributed by atoms with E-state index in [2.05, 4.69) is 10.3 Å². The number of ether oxygens (including phenoxy) is 1. The van der Waals surface area contributed by atoms with Crippen LogP contribution in [-0.2, 0) is 0 Å². The Morgan fingerprint density at radius 3 is 2.69 bits per heavy atom. The maximum atomic E-state index is 12.9. The van der Waals surface area contributed by atoms with Crippen LogP contribution in [0.1, 0.15) is 23.2 Å². The first kappa shape index (κ1) is 23.4. The number of pyridine rings is 1. The van der Waals surface area contributed by atoms with E-state index in [1.165, 1.54) is 0 Å². The van der Waals surface area contributed by atoms with Gasteiger partial charge in [-0.3, -0.25) is 9.78 Å². The van der Waals surface area contributed by atoms with E-state index in [0.29, 0.717) is 30.8 Å². The van der Waals surface area contributed by atoms with Gasteiger partial charge in [-0.2, -0.15) is 0 Å². The molecule has 0 bridgehead atoms. The van der Waals surface area contributed by atoms with E-state index in [-0.39, 0.29) is 36.6 Å². The van der Waals surface area contributed by atoms with Gasteiger partial charge in [0, 0.05) is 42.9 Å². The fraction of sp³-hybridized carbons (Fsp3) is 0.429. The van der Waals surface area contributed by atoms with E-state index >= 15 is 0 Å². The number of rotatable bonds is 3. The molecule has 8 heteroatoms. The molecule has 2 fully saturated rings. The summed E-state index contributed by atoms with van der Waals surface area (Å²) in [6.45, 7) is 2.82. The molecule has 2 aliphatic rings. The first-order valence-electron chi connectivity index (χ1n) is 9.41. The van der Waals surface area contributed by atoms with Crippen LogP contribution in [0.3, 0.4) is 0 Å². The van der Waals surface area contributed by atoms with Crippen LogP contribution in [-0.4, -0.2) is 59.8 Å². The molecule has 6 nitrogen and oxygen atoms in total. The number of nitrogens with one attached hydrogen (secondary N) is 1. The molecule has 29 heavy (non-hydrogen) atoms. The first-order chi connectivity index (χ1) is 13.1. The molecule has 2 aromatic rings. The molecule has 158 valence electrons. The average Bonchev–Trinajstić information content (AvgIpc) is 2.72. The summed E-state index contributed by atoms with van der Waals surface area (Å²) in [6.07, 6.45) is 4.86. The lowest BCUT2D eigenvalue weighted by Gasteiger charge is -2.47. The molecule has 0 saturated carbocycles. The van der Waals surface area contributed by atoms with E-state index in [1.54, 1.807) is 19.5 Å². The third-order valence-corrected chi connectivity index (χ3v) is 5.84. The summed E-state index contributed by atoms with van der Waals surface area (Å²) in [5.74, 6) is 0.832. The molecule has 0 radical (unpaired) electrons. The summed E-state index contributed by atoms with van der Waals surface area (Å²) in [6, 6.07) is 9.51. The number of carbonyl (C=O) groups is 1. The van der Waals surface area contributed by atoms with Gasteiger partial charge < -0.3 is 20.1 Å². The number of carbonyl (C=O) groups excluding carboxylic acids is 1. The Hall–Kier alpha value is -1.86. The van der Waals surface area contributed by atoms with Crippen molar-refractivity contribution in [3.05, 3.63) is 48.3 Å². The standard InChI is InChI=1S/C21H25N3O3.2ClH/c1-27-19-10-17(11-23-13-19)15-2-4-16(5-3-15)20(25)24-9-7-21(26)6-8-22-12-18(21)14-24;;/h2-5,10-11,13,18,22,26H,6-9,12,14H2,1H3;2*1H/t18-,21-;;/m0../s1. The van der Waals surface area contributed by atoms with Crippen molar-refractivity contribution in [2.75, 3.05) is 33.3 Å². The van der Waals surface area contributed by atoms with Crippen molar-refractivity contribution in [1.82, 2.24) is 15.2 Å². The number of amides is 1. The highest BCUT2D eigenvalue weighted by atomic mass is 35.5. The molecule has 1 amide bonds. The van der Waals surface area contributed by atoms with Crippen LogP contribution in [0.25, 0.3) is 11.1 Å². The van der Waals surface area contributed by atoms with Crippen molar-refractivity contribution in [3.8, 4) is 16.9 Å². The van der Waals surface area contributed by atoms with Crippen molar-refractivity contribution in [2.24, 2.45) is 5.92 Å². The second kappa shape index (κ2) is 9.76. The summed E-state index contributed by atoms with van der Waals surface area (Å²) in [5, 5.41) is 14.1. The predicted octanol–water partition coefficient (Wildman–Crippen LogP) is 2.79. The monoisotopic (exact) mass is 439 g/mol. The molecule has 4 rings (SSSR count). The lowest BCUT2D eigenvalue weighted by molar-refractivity contribution is -0.0817. The summed E-state index contributed by atoms with van der Waals surface area (Å²) >= 11 is 0. The number of likely N-dealkylation sites (tertiary alicyclic amines) is 1. The van der Waals surface area contributed by atoms with E-state index in [0.717, 1.165) is 30.6 Å². The minimum atomic E-state index is -0.620. The third kappa shape index (κ3) is 4.83. The Morgan fingerprint density at radius 1 is 1.21 bits per heavy atom. The van der Waals surface area contributed by atoms with Crippen molar-refractivity contribution in [1.29, 1.82) is 0 Å². The average molecular weight is 440 g/mol. The fourth-order valence-corrected chi connectivity index (χ4v) is 4.09. The number of hydrogen-bond acceptors (Lipinski definition) is 5. The molecule has 0 unspecified atom stereocenters. The zero-order chi connectivity index (χ0) is 18.9. The molecule has 2 N–H and O–H groups in total. The van der Waals surface area contributed by atoms with Gasteiger partial charge in [-0.15, -0.1) is 24.8 Å². The fourth-order valence-electron chi connectivity index (χ4n) is 4.09. The van der Waals surface area contributed by atoms with E-state index in [4.69, 9.17) is 4.74 Å². The second-order valence-electron chi connectivity index (χ2n) is 7.45. The Labute approximate surface area is 183 Å². The van der Waals surface area contributed by atoms with Gasteiger partial charge in [-0.25, -0.2) is 0 Å². The Morgan fingerprint density at radius 2 is 1.97 bits per heavy atom. The summed E-state index contributed by atoms with van der Waals surface area (Å²) in [4.78, 5) is 19.0. The Kier molecular flexibility index (Phi) is 7.88. The maximum Gasteiger partial charge on any atom is 0.253 e. The van der Waals surface area contributed by atoms with E-state index in [1.807, 2.05) is 35.2 Å². The highest BCUT2D eigenvalue weighted by molar-refractivity contribution is 5.94. The number of fused-ring (bicyclic) bond motifs is 1. The van der Waals surface area contributed by atoms with Crippen LogP contribution in [0.15, 0.2) is 42.7 Å². The van der Waals surface area contributed by atoms with Gasteiger partial charge >= 0.3 is 0 Å². The minimum absolute atomic E-state index is 0. The van der Waals surface area contributed by atoms with Crippen LogP contribution in [0.4, 0.5) is 0 Å². The first-order valence-corrected chi connectivity index (χ1v) is 9.41. The van der Waals surface area contributed by atoms with Gasteiger partial charge in [0.15, 0.2) is 0 Å². The van der Waals surface area contributed by atoms with Gasteiger partial charge in [0.2, 0.25) is 0 Å². The van der Waals surface area contributed by atoms with Gasteiger partial charge in [0.25, 0.3) is 5.91 Å². The molecule has 0 aliphatic carbocycles. The largest absolute Gasteiger partial charge is 0.495 e. The van der Waals surface area contributed by atoms with Crippen LogP contribution in [0, 0.1) is 5.92 Å². The molecular formula is C21H27Cl2N3O3. The quantitative estimate of drug-likeness (QED) is 0.768. The van der Waals surface area contributed by atoms with Crippen molar-refractivity contribution >= 4 is 30.7 Å². The SMILES string of the molecule is COc1cncc(-c2ccc(C(=O)N3CC[C@@]4(O)CCNC[C@H]4C3)cc2)c1.Cl.Cl. The van der Waals surface area contributed by atoms with Crippen LogP contribution in [0.5, 0.6) is 5.75 Å². The lowest BCUT2D eigenvalue weighted by atomic mass is 9.76. The van der Waals surface area contributed by atoms with Crippen LogP contribution < -0.4 is 10.1 Å². The van der Waals surface area contributed by atoms with Gasteiger partial charge in [0.05, 0.1) is 18.9 Å². The number of piperidine rings is 2. The van der Waals surface area contributed by atoms with Crippen molar-refractivity contribution in [3.63, 3.8) is 0 Å². The molecule has 1 aromatic heterocycles. The van der Waals surface area contributed by atoms with Crippen molar-refractivity contribution < 1.29 is 14.6 Å². The maximum absolute atomic E-state index is 12.9. The lowest BCUT2D eigenvalue weighted by Crippen LogP contribution is -2.59. The number of methoxy groups -OCH3 is 1. The number of benzene rings is 1. The third-order valence-electron chi connectivity index (χ3n) is 5.84. The summed E-state index contributed by atoms with van der Waals surface area (Å²) in [7, 11) is 1.62. The normalized spacial score (nSPS) is 23.2. The molecule has 2 saturated heterocycles. The number of nitrogens with zero attached hydrogens (tertiary/aromatic N) is 2. The molecule has 0 spiro atoms. The molecule has 1 aromatic carbocycles. The van der Waals surface area contributed by atoms with E-state index < -0.39 is 5.60 Å². The molecular weight excluding hydrogens is 413 g/mol. The Balaban J connectivity index is 0.00000150. The highest BCUT2D eigenvalue weighted by Gasteiger charge is 2.43. The summed E-state index contributed by atoms with van der Waals surface area (Å²) in [5.41, 5.74) is 1.99. The van der Waals surface area contributed by atoms with Crippen molar-refractivity contribution in [2.45, 2.75) is 18.4 Å². The number of hydrogen-bond donors (Lipinski definition) is 2. The van der Waals surface area contributed by atoms with Gasteiger partial charge in [-0.1, -0.05) is 12.1 Å². The number of aromatic nitrogens is 1. The van der Waals surface area contributed by atoms with Crippen LogP contribution in [0.2, 0.25) is 0 Å².